The molecule has 2 fully saturated rings. The van der Waals surface area contributed by atoms with Crippen LogP contribution in [0.1, 0.15) is 24.6 Å². The number of hydrogen-bond acceptors (Lipinski definition) is 6. The summed E-state index contributed by atoms with van der Waals surface area (Å²) in [7, 11) is -2.20. The number of fused-ring (bicyclic) bond motifs is 1. The van der Waals surface area contributed by atoms with Crippen molar-refractivity contribution in [2.75, 3.05) is 13.1 Å². The maximum Gasteiger partial charge on any atom is 0.419 e. The Balaban J connectivity index is 1.31. The second kappa shape index (κ2) is 6.58. The summed E-state index contributed by atoms with van der Waals surface area (Å²) in [5.74, 6) is -0.0814. The van der Waals surface area contributed by atoms with Crippen molar-refractivity contribution < 1.29 is 17.6 Å². The van der Waals surface area contributed by atoms with Crippen LogP contribution >= 0.6 is 0 Å². The first-order valence-corrected chi connectivity index (χ1v) is 11.2. The second-order valence-corrected chi connectivity index (χ2v) is 9.83. The summed E-state index contributed by atoms with van der Waals surface area (Å²) in [6.07, 6.45) is 1.72. The van der Waals surface area contributed by atoms with Crippen LogP contribution in [0.5, 0.6) is 5.75 Å². The van der Waals surface area contributed by atoms with Gasteiger partial charge in [0.25, 0.3) is 5.56 Å². The van der Waals surface area contributed by atoms with Crippen LogP contribution in [0, 0.1) is 6.92 Å². The van der Waals surface area contributed by atoms with Gasteiger partial charge in [-0.15, -0.1) is 0 Å². The van der Waals surface area contributed by atoms with Gasteiger partial charge in [0.15, 0.2) is 5.58 Å². The van der Waals surface area contributed by atoms with Crippen molar-refractivity contribution in [1.29, 1.82) is 0 Å². The average Bonchev–Trinajstić information content (AvgIpc) is 3.43. The molecule has 3 heterocycles. The minimum Gasteiger partial charge on any atom is -0.487 e. The molecule has 1 aromatic carbocycles. The zero-order valence-corrected chi connectivity index (χ0v) is 17.4. The van der Waals surface area contributed by atoms with Gasteiger partial charge in [-0.1, -0.05) is 0 Å². The maximum absolute atomic E-state index is 12.9. The molecule has 9 nitrogen and oxygen atoms in total. The molecule has 2 aliphatic rings. The maximum atomic E-state index is 12.9. The number of pyridine rings is 1. The highest BCUT2D eigenvalue weighted by molar-refractivity contribution is 7.89. The molecule has 158 valence electrons. The first kappa shape index (κ1) is 19.1. The summed E-state index contributed by atoms with van der Waals surface area (Å²) in [5, 5.41) is 0. The Morgan fingerprint density at radius 3 is 2.50 bits per heavy atom. The van der Waals surface area contributed by atoms with Crippen LogP contribution in [0.25, 0.3) is 11.1 Å². The molecule has 0 atom stereocenters. The van der Waals surface area contributed by atoms with Crippen molar-refractivity contribution in [2.24, 2.45) is 7.05 Å². The Bertz CT molecular complexity index is 1370. The summed E-state index contributed by atoms with van der Waals surface area (Å²) in [4.78, 5) is 24.0. The van der Waals surface area contributed by atoms with Gasteiger partial charge in [-0.25, -0.2) is 13.2 Å². The number of oxazole rings is 1. The van der Waals surface area contributed by atoms with Crippen LogP contribution in [0.2, 0.25) is 0 Å². The SMILES string of the molecule is Cc1cc(OC2CN(S(=O)(=O)c3ccc4oc(=O)n(C)c4c3)C2)cc(=O)n1C1CC1. The second-order valence-electron chi connectivity index (χ2n) is 7.89. The standard InChI is InChI=1S/C20H21N3O6S/c1-12-7-14(8-19(24)23(12)13-3-4-13)28-15-10-22(11-15)30(26,27)16-5-6-18-17(9-16)21(2)20(25)29-18/h5-9,13,15H,3-4,10-11H2,1-2H3. The predicted octanol–water partition coefficient (Wildman–Crippen LogP) is 1.39. The van der Waals surface area contributed by atoms with E-state index in [9.17, 15) is 18.0 Å². The van der Waals surface area contributed by atoms with Gasteiger partial charge in [-0.2, -0.15) is 4.31 Å². The molecule has 0 radical (unpaired) electrons. The molecule has 1 aliphatic heterocycles. The van der Waals surface area contributed by atoms with Gasteiger partial charge < -0.3 is 13.7 Å². The third kappa shape index (κ3) is 3.07. The number of sulfonamides is 1. The summed E-state index contributed by atoms with van der Waals surface area (Å²) in [6, 6.07) is 7.93. The Morgan fingerprint density at radius 2 is 1.83 bits per heavy atom. The third-order valence-corrected chi connectivity index (χ3v) is 7.49. The Labute approximate surface area is 172 Å². The fourth-order valence-corrected chi connectivity index (χ4v) is 5.35. The quantitative estimate of drug-likeness (QED) is 0.605. The number of nitrogens with zero attached hydrogens (tertiary/aromatic N) is 3. The average molecular weight is 431 g/mol. The van der Waals surface area contributed by atoms with E-state index in [0.29, 0.717) is 22.9 Å². The molecule has 1 saturated heterocycles. The molecule has 0 unspecified atom stereocenters. The summed E-state index contributed by atoms with van der Waals surface area (Å²) >= 11 is 0. The van der Waals surface area contributed by atoms with Crippen LogP contribution in [0.4, 0.5) is 0 Å². The van der Waals surface area contributed by atoms with Crippen molar-refractivity contribution in [3.8, 4) is 5.75 Å². The van der Waals surface area contributed by atoms with Crippen molar-refractivity contribution in [2.45, 2.75) is 36.8 Å². The van der Waals surface area contributed by atoms with E-state index < -0.39 is 15.8 Å². The lowest BCUT2D eigenvalue weighted by atomic mass is 10.2. The molecule has 1 aliphatic carbocycles. The molecule has 1 saturated carbocycles. The number of ether oxygens (including phenoxy) is 1. The van der Waals surface area contributed by atoms with E-state index in [2.05, 4.69) is 0 Å². The Kier molecular flexibility index (Phi) is 4.19. The molecule has 10 heteroatoms. The summed E-state index contributed by atoms with van der Waals surface area (Å²) < 4.78 is 41.1. The summed E-state index contributed by atoms with van der Waals surface area (Å²) in [5.41, 5.74) is 1.52. The highest BCUT2D eigenvalue weighted by Gasteiger charge is 2.38. The van der Waals surface area contributed by atoms with Crippen LogP contribution in [-0.2, 0) is 17.1 Å². The molecule has 0 amide bonds. The first-order chi connectivity index (χ1) is 14.2. The molecule has 2 aromatic heterocycles. The minimum atomic E-state index is -3.72. The Morgan fingerprint density at radius 1 is 1.10 bits per heavy atom. The van der Waals surface area contributed by atoms with Crippen molar-refractivity contribution >= 4 is 21.1 Å². The molecule has 3 aromatic rings. The normalized spacial score (nSPS) is 17.9. The van der Waals surface area contributed by atoms with Crippen molar-refractivity contribution in [3.05, 3.63) is 56.9 Å². The summed E-state index contributed by atoms with van der Waals surface area (Å²) in [6.45, 7) is 2.26. The van der Waals surface area contributed by atoms with E-state index in [-0.39, 0.29) is 29.6 Å². The fourth-order valence-electron chi connectivity index (χ4n) is 3.83. The lowest BCUT2D eigenvalue weighted by molar-refractivity contribution is 0.0758. The van der Waals surface area contributed by atoms with E-state index in [1.807, 2.05) is 13.0 Å². The van der Waals surface area contributed by atoms with Crippen LogP contribution < -0.4 is 16.1 Å². The number of aromatic nitrogens is 2. The highest BCUT2D eigenvalue weighted by Crippen LogP contribution is 2.35. The third-order valence-electron chi connectivity index (χ3n) is 5.66. The van der Waals surface area contributed by atoms with E-state index in [4.69, 9.17) is 9.15 Å². The minimum absolute atomic E-state index is 0.0877. The van der Waals surface area contributed by atoms with Gasteiger partial charge in [0, 0.05) is 24.8 Å². The van der Waals surface area contributed by atoms with Gasteiger partial charge in [-0.3, -0.25) is 9.36 Å². The van der Waals surface area contributed by atoms with Gasteiger partial charge in [0.1, 0.15) is 11.9 Å². The van der Waals surface area contributed by atoms with Gasteiger partial charge in [0.2, 0.25) is 10.0 Å². The number of rotatable bonds is 5. The molecular weight excluding hydrogens is 410 g/mol. The van der Waals surface area contributed by atoms with Crippen LogP contribution in [-0.4, -0.2) is 41.1 Å². The van der Waals surface area contributed by atoms with E-state index in [1.165, 1.54) is 40.2 Å². The molecular formula is C20H21N3O6S. The van der Waals surface area contributed by atoms with Crippen LogP contribution in [0.3, 0.4) is 0 Å². The van der Waals surface area contributed by atoms with E-state index in [1.54, 1.807) is 4.57 Å². The predicted molar refractivity (Wildman–Crippen MR) is 108 cm³/mol. The number of aryl methyl sites for hydroxylation is 2. The molecule has 30 heavy (non-hydrogen) atoms. The molecule has 0 spiro atoms. The zero-order chi connectivity index (χ0) is 21.2. The molecule has 0 bridgehead atoms. The van der Waals surface area contributed by atoms with Gasteiger partial charge in [0.05, 0.1) is 23.5 Å². The fraction of sp³-hybridized carbons (Fsp3) is 0.400. The van der Waals surface area contributed by atoms with Crippen molar-refractivity contribution in [1.82, 2.24) is 13.4 Å². The zero-order valence-electron chi connectivity index (χ0n) is 16.6. The van der Waals surface area contributed by atoms with Crippen LogP contribution in [0.15, 0.2) is 49.2 Å². The molecule has 5 rings (SSSR count). The van der Waals surface area contributed by atoms with Gasteiger partial charge in [-0.05, 0) is 44.0 Å². The largest absolute Gasteiger partial charge is 0.487 e. The van der Waals surface area contributed by atoms with Gasteiger partial charge >= 0.3 is 5.76 Å². The molecule has 0 N–H and O–H groups in total. The highest BCUT2D eigenvalue weighted by atomic mass is 32.2. The monoisotopic (exact) mass is 431 g/mol. The van der Waals surface area contributed by atoms with Crippen molar-refractivity contribution in [3.63, 3.8) is 0 Å². The van der Waals surface area contributed by atoms with E-state index >= 15 is 0 Å². The lowest BCUT2D eigenvalue weighted by Crippen LogP contribution is -2.56. The number of benzene rings is 1. The van der Waals surface area contributed by atoms with E-state index in [0.717, 1.165) is 18.5 Å². The Hall–Kier alpha value is -2.85. The number of hydrogen-bond donors (Lipinski definition) is 0. The first-order valence-electron chi connectivity index (χ1n) is 9.73. The smallest absolute Gasteiger partial charge is 0.419 e. The topological polar surface area (TPSA) is 104 Å². The lowest BCUT2D eigenvalue weighted by Gasteiger charge is -2.37.